The first kappa shape index (κ1) is 23.6. The number of likely N-dealkylation sites (N-methyl/N-ethyl adjacent to an activating group) is 1. The van der Waals surface area contributed by atoms with Crippen LogP contribution in [0.15, 0.2) is 95.7 Å². The lowest BCUT2D eigenvalue weighted by atomic mass is 9.76. The Bertz CT molecular complexity index is 1130. The molecule has 4 heteroatoms. The smallest absolute Gasteiger partial charge is 0.251 e. The predicted molar refractivity (Wildman–Crippen MR) is 144 cm³/mol. The molecule has 1 fully saturated rings. The summed E-state index contributed by atoms with van der Waals surface area (Å²) in [6, 6.07) is 20.9. The molecular formula is C31H37N3O. The van der Waals surface area contributed by atoms with Crippen molar-refractivity contribution < 1.29 is 4.79 Å². The molecule has 1 heterocycles. The van der Waals surface area contributed by atoms with Gasteiger partial charge < -0.3 is 5.32 Å². The van der Waals surface area contributed by atoms with E-state index < -0.39 is 0 Å². The molecule has 0 aromatic heterocycles. The number of carbonyl (C=O) groups excluding carboxylic acids is 1. The van der Waals surface area contributed by atoms with E-state index in [-0.39, 0.29) is 17.5 Å². The lowest BCUT2D eigenvalue weighted by Crippen LogP contribution is -2.49. The highest BCUT2D eigenvalue weighted by atomic mass is 16.2. The Balaban J connectivity index is 1.58. The van der Waals surface area contributed by atoms with Gasteiger partial charge in [0.15, 0.2) is 0 Å². The number of benzene rings is 2. The van der Waals surface area contributed by atoms with Crippen LogP contribution in [0.2, 0.25) is 0 Å². The van der Waals surface area contributed by atoms with Gasteiger partial charge in [0.2, 0.25) is 0 Å². The molecule has 182 valence electrons. The second kappa shape index (κ2) is 10.2. The van der Waals surface area contributed by atoms with Gasteiger partial charge in [0.25, 0.3) is 5.91 Å². The molecule has 1 atom stereocenters. The minimum Gasteiger partial charge on any atom is -0.343 e. The molecule has 1 N–H and O–H groups in total. The van der Waals surface area contributed by atoms with Gasteiger partial charge in [-0.3, -0.25) is 9.80 Å². The van der Waals surface area contributed by atoms with Crippen molar-refractivity contribution in [2.45, 2.75) is 69.9 Å². The molecule has 35 heavy (non-hydrogen) atoms. The largest absolute Gasteiger partial charge is 0.343 e. The van der Waals surface area contributed by atoms with Crippen LogP contribution in [0.4, 0.5) is 5.69 Å². The topological polar surface area (TPSA) is 35.6 Å². The summed E-state index contributed by atoms with van der Waals surface area (Å²) >= 11 is 0. The van der Waals surface area contributed by atoms with Crippen LogP contribution < -0.4 is 10.3 Å². The average molecular weight is 468 g/mol. The quantitative estimate of drug-likeness (QED) is 0.517. The summed E-state index contributed by atoms with van der Waals surface area (Å²) in [5, 5.41) is 8.11. The Morgan fingerprint density at radius 2 is 1.66 bits per heavy atom. The maximum absolute atomic E-state index is 14.4. The number of nitrogens with zero attached hydrogens (tertiary/aromatic N) is 2. The summed E-state index contributed by atoms with van der Waals surface area (Å²) in [5.41, 5.74) is 5.20. The van der Waals surface area contributed by atoms with Crippen molar-refractivity contribution in [2.24, 2.45) is 0 Å². The number of anilines is 1. The molecule has 1 amide bonds. The molecule has 5 rings (SSSR count). The molecule has 1 aliphatic heterocycles. The van der Waals surface area contributed by atoms with Crippen molar-refractivity contribution in [1.82, 2.24) is 10.3 Å². The Kier molecular flexibility index (Phi) is 6.92. The van der Waals surface area contributed by atoms with E-state index in [4.69, 9.17) is 0 Å². The molecule has 2 aromatic rings. The fourth-order valence-corrected chi connectivity index (χ4v) is 6.17. The third kappa shape index (κ3) is 4.48. The van der Waals surface area contributed by atoms with E-state index in [1.54, 1.807) is 0 Å². The van der Waals surface area contributed by atoms with E-state index in [9.17, 15) is 4.79 Å². The summed E-state index contributed by atoms with van der Waals surface area (Å²) in [5.74, 6) is 0.0720. The predicted octanol–water partition coefficient (Wildman–Crippen LogP) is 6.64. The van der Waals surface area contributed by atoms with Crippen LogP contribution in [0, 0.1) is 0 Å². The number of hydrogen-bond acceptors (Lipinski definition) is 3. The minimum absolute atomic E-state index is 0.0720. The lowest BCUT2D eigenvalue weighted by Gasteiger charge is -2.39. The first-order valence-electron chi connectivity index (χ1n) is 13.2. The van der Waals surface area contributed by atoms with Crippen molar-refractivity contribution in [3.8, 4) is 0 Å². The highest BCUT2D eigenvalue weighted by Gasteiger charge is 2.44. The number of hydrazine groups is 1. The summed E-state index contributed by atoms with van der Waals surface area (Å²) in [6.07, 6.45) is 15.1. The first-order chi connectivity index (χ1) is 17.1. The van der Waals surface area contributed by atoms with Crippen LogP contribution in [-0.2, 0) is 10.3 Å². The maximum atomic E-state index is 14.4. The van der Waals surface area contributed by atoms with Gasteiger partial charge in [-0.25, -0.2) is 5.01 Å². The number of hydrogen-bond donors (Lipinski definition) is 1. The third-order valence-corrected chi connectivity index (χ3v) is 7.84. The molecule has 2 aromatic carbocycles. The highest BCUT2D eigenvalue weighted by molar-refractivity contribution is 5.98. The third-order valence-electron chi connectivity index (χ3n) is 7.84. The van der Waals surface area contributed by atoms with Crippen molar-refractivity contribution in [2.75, 3.05) is 12.1 Å². The van der Waals surface area contributed by atoms with Gasteiger partial charge in [-0.05, 0) is 55.4 Å². The van der Waals surface area contributed by atoms with Gasteiger partial charge in [0.05, 0.1) is 22.8 Å². The van der Waals surface area contributed by atoms with Crippen LogP contribution in [0.3, 0.4) is 0 Å². The van der Waals surface area contributed by atoms with E-state index in [0.29, 0.717) is 0 Å². The van der Waals surface area contributed by atoms with E-state index in [0.717, 1.165) is 61.9 Å². The lowest BCUT2D eigenvalue weighted by molar-refractivity contribution is -0.120. The van der Waals surface area contributed by atoms with E-state index >= 15 is 0 Å². The zero-order chi connectivity index (χ0) is 24.3. The molecule has 1 saturated carbocycles. The Labute approximate surface area is 210 Å². The Morgan fingerprint density at radius 3 is 2.29 bits per heavy atom. The van der Waals surface area contributed by atoms with E-state index in [2.05, 4.69) is 102 Å². The standard InChI is InChI=1S/C31H37N3O/c1-3-27-28(30(35)32-31(22-14-7-15-23-31)25-18-10-5-11-19-25)29(24-16-8-4-9-17-24)33(2)34(27)26-20-12-6-13-21-26/h5-6,8,10-13,16-21,29H,3-4,7,9,14-15,22-23H2,1-2H3,(H,32,35). The molecule has 0 spiro atoms. The Hall–Kier alpha value is -3.11. The van der Waals surface area contributed by atoms with Gasteiger partial charge in [0.1, 0.15) is 0 Å². The van der Waals surface area contributed by atoms with Gasteiger partial charge in [0, 0.05) is 12.7 Å². The van der Waals surface area contributed by atoms with Crippen LogP contribution in [0.5, 0.6) is 0 Å². The average Bonchev–Trinajstić information content (AvgIpc) is 3.22. The van der Waals surface area contributed by atoms with Crippen molar-refractivity contribution >= 4 is 11.6 Å². The number of allylic oxidation sites excluding steroid dienone is 3. The van der Waals surface area contributed by atoms with Gasteiger partial charge in [-0.15, -0.1) is 0 Å². The van der Waals surface area contributed by atoms with Gasteiger partial charge in [-0.1, -0.05) is 92.9 Å². The molecule has 2 aliphatic carbocycles. The molecule has 0 radical (unpaired) electrons. The fraction of sp³-hybridized carbons (Fsp3) is 0.387. The van der Waals surface area contributed by atoms with E-state index in [1.165, 1.54) is 17.6 Å². The Morgan fingerprint density at radius 1 is 0.971 bits per heavy atom. The first-order valence-corrected chi connectivity index (χ1v) is 13.2. The zero-order valence-corrected chi connectivity index (χ0v) is 21.0. The van der Waals surface area contributed by atoms with Crippen LogP contribution in [0.25, 0.3) is 0 Å². The molecule has 0 saturated heterocycles. The SMILES string of the molecule is CCC1=C(C(=O)NC2(c3ccccc3)CCCCC2)C(C2=CCCC=C2)N(C)N1c1ccccc1. The monoisotopic (exact) mass is 467 g/mol. The zero-order valence-electron chi connectivity index (χ0n) is 21.0. The normalized spacial score (nSPS) is 22.3. The summed E-state index contributed by atoms with van der Waals surface area (Å²) in [7, 11) is 2.12. The summed E-state index contributed by atoms with van der Waals surface area (Å²) < 4.78 is 0. The van der Waals surface area contributed by atoms with Crippen LogP contribution >= 0.6 is 0 Å². The molecular weight excluding hydrogens is 430 g/mol. The number of para-hydroxylation sites is 1. The maximum Gasteiger partial charge on any atom is 0.251 e. The van der Waals surface area contributed by atoms with Crippen molar-refractivity contribution in [3.63, 3.8) is 0 Å². The summed E-state index contributed by atoms with van der Waals surface area (Å²) in [4.78, 5) is 14.4. The van der Waals surface area contributed by atoms with Gasteiger partial charge in [-0.2, -0.15) is 0 Å². The molecule has 3 aliphatic rings. The van der Waals surface area contributed by atoms with Crippen LogP contribution in [-0.4, -0.2) is 24.0 Å². The minimum atomic E-state index is -0.303. The number of carbonyl (C=O) groups is 1. The number of amides is 1. The number of nitrogens with one attached hydrogen (secondary N) is 1. The van der Waals surface area contributed by atoms with Crippen LogP contribution in [0.1, 0.15) is 63.9 Å². The van der Waals surface area contributed by atoms with Gasteiger partial charge >= 0.3 is 0 Å². The summed E-state index contributed by atoms with van der Waals surface area (Å²) in [6.45, 7) is 2.16. The number of rotatable bonds is 6. The second-order valence-corrected chi connectivity index (χ2v) is 9.98. The molecule has 4 nitrogen and oxygen atoms in total. The van der Waals surface area contributed by atoms with Crippen molar-refractivity contribution in [3.05, 3.63) is 101 Å². The highest BCUT2D eigenvalue weighted by Crippen LogP contribution is 2.41. The van der Waals surface area contributed by atoms with E-state index in [1.807, 2.05) is 6.07 Å². The fourth-order valence-electron chi connectivity index (χ4n) is 6.17. The van der Waals surface area contributed by atoms with Crippen molar-refractivity contribution in [1.29, 1.82) is 0 Å². The molecule has 0 bridgehead atoms. The molecule has 1 unspecified atom stereocenters. The second-order valence-electron chi connectivity index (χ2n) is 9.98.